The molecule has 2 rings (SSSR count). The van der Waals surface area contributed by atoms with E-state index < -0.39 is 12.8 Å². The van der Waals surface area contributed by atoms with Crippen molar-refractivity contribution in [3.63, 3.8) is 0 Å². The number of amides is 1. The van der Waals surface area contributed by atoms with Crippen LogP contribution in [-0.2, 0) is 4.79 Å². The van der Waals surface area contributed by atoms with Crippen LogP contribution < -0.4 is 20.1 Å². The molecule has 0 spiro atoms. The van der Waals surface area contributed by atoms with Crippen molar-refractivity contribution in [1.29, 1.82) is 0 Å². The molecular formula is C15H19F3N2O3. The number of ether oxygens (including phenoxy) is 2. The van der Waals surface area contributed by atoms with Gasteiger partial charge in [-0.3, -0.25) is 4.79 Å². The quantitative estimate of drug-likeness (QED) is 0.835. The van der Waals surface area contributed by atoms with Gasteiger partial charge in [0.15, 0.2) is 24.7 Å². The fraction of sp³-hybridized carbons (Fsp3) is 0.533. The SMILES string of the molecule is O=C(COc1ccccc1OCC(F)(F)F)N[C@H]1CCCNC1. The molecule has 0 bridgehead atoms. The largest absolute Gasteiger partial charge is 0.480 e. The van der Waals surface area contributed by atoms with E-state index in [9.17, 15) is 18.0 Å². The molecule has 128 valence electrons. The lowest BCUT2D eigenvalue weighted by Gasteiger charge is -2.23. The van der Waals surface area contributed by atoms with Crippen LogP contribution in [0.4, 0.5) is 13.2 Å². The van der Waals surface area contributed by atoms with E-state index in [1.807, 2.05) is 0 Å². The maximum Gasteiger partial charge on any atom is 0.422 e. The van der Waals surface area contributed by atoms with Gasteiger partial charge in [-0.1, -0.05) is 12.1 Å². The first-order chi connectivity index (χ1) is 10.9. The second-order valence-electron chi connectivity index (χ2n) is 5.25. The number of piperidine rings is 1. The van der Waals surface area contributed by atoms with Gasteiger partial charge in [0.2, 0.25) is 0 Å². The average molecular weight is 332 g/mol. The summed E-state index contributed by atoms with van der Waals surface area (Å²) in [6.07, 6.45) is -2.55. The Morgan fingerprint density at radius 2 is 1.96 bits per heavy atom. The number of hydrogen-bond acceptors (Lipinski definition) is 4. The van der Waals surface area contributed by atoms with Crippen LogP contribution >= 0.6 is 0 Å². The third-order valence-corrected chi connectivity index (χ3v) is 3.26. The minimum Gasteiger partial charge on any atom is -0.480 e. The second kappa shape index (κ2) is 8.05. The summed E-state index contributed by atoms with van der Waals surface area (Å²) in [4.78, 5) is 11.8. The van der Waals surface area contributed by atoms with Crippen molar-refractivity contribution < 1.29 is 27.4 Å². The summed E-state index contributed by atoms with van der Waals surface area (Å²) in [5.41, 5.74) is 0. The summed E-state index contributed by atoms with van der Waals surface area (Å²) in [7, 11) is 0. The molecule has 8 heteroatoms. The van der Waals surface area contributed by atoms with Gasteiger partial charge in [-0.25, -0.2) is 0 Å². The number of alkyl halides is 3. The zero-order chi connectivity index (χ0) is 16.7. The summed E-state index contributed by atoms with van der Waals surface area (Å²) in [6.45, 7) is -0.0417. The van der Waals surface area contributed by atoms with E-state index in [4.69, 9.17) is 9.47 Å². The molecule has 0 aliphatic carbocycles. The Morgan fingerprint density at radius 3 is 2.57 bits per heavy atom. The van der Waals surface area contributed by atoms with Crippen LogP contribution in [0.25, 0.3) is 0 Å². The van der Waals surface area contributed by atoms with Gasteiger partial charge in [0.25, 0.3) is 5.91 Å². The Morgan fingerprint density at radius 1 is 1.26 bits per heavy atom. The zero-order valence-corrected chi connectivity index (χ0v) is 12.5. The number of para-hydroxylation sites is 2. The van der Waals surface area contributed by atoms with Crippen LogP contribution in [-0.4, -0.2) is 44.4 Å². The topological polar surface area (TPSA) is 59.6 Å². The highest BCUT2D eigenvalue weighted by molar-refractivity contribution is 5.78. The first kappa shape index (κ1) is 17.4. The Hall–Kier alpha value is -1.96. The van der Waals surface area contributed by atoms with Crippen LogP contribution in [0.15, 0.2) is 24.3 Å². The number of carbonyl (C=O) groups is 1. The molecule has 0 aromatic heterocycles. The maximum absolute atomic E-state index is 12.2. The number of hydrogen-bond donors (Lipinski definition) is 2. The van der Waals surface area contributed by atoms with Crippen molar-refractivity contribution in [3.05, 3.63) is 24.3 Å². The molecule has 1 aliphatic rings. The molecule has 1 aromatic carbocycles. The predicted octanol–water partition coefficient (Wildman–Crippen LogP) is 1.87. The lowest BCUT2D eigenvalue weighted by atomic mass is 10.1. The summed E-state index contributed by atoms with van der Waals surface area (Å²) in [5.74, 6) is -0.255. The standard InChI is InChI=1S/C15H19F3N2O3/c16-15(17,18)10-23-13-6-2-1-5-12(13)22-9-14(21)20-11-4-3-7-19-8-11/h1-2,5-6,11,19H,3-4,7-10H2,(H,20,21)/t11-/m0/s1. The van der Waals surface area contributed by atoms with Gasteiger partial charge in [-0.15, -0.1) is 0 Å². The summed E-state index contributed by atoms with van der Waals surface area (Å²) in [6, 6.07) is 6.01. The third kappa shape index (κ3) is 6.35. The first-order valence-electron chi connectivity index (χ1n) is 7.35. The molecule has 0 radical (unpaired) electrons. The van der Waals surface area contributed by atoms with Crippen molar-refractivity contribution in [3.8, 4) is 11.5 Å². The minimum absolute atomic E-state index is 0.0445. The van der Waals surface area contributed by atoms with E-state index in [1.165, 1.54) is 18.2 Å². The van der Waals surface area contributed by atoms with Crippen molar-refractivity contribution >= 4 is 5.91 Å². The smallest absolute Gasteiger partial charge is 0.422 e. The molecule has 5 nitrogen and oxygen atoms in total. The van der Waals surface area contributed by atoms with Crippen molar-refractivity contribution in [2.45, 2.75) is 25.1 Å². The van der Waals surface area contributed by atoms with Crippen LogP contribution in [0.1, 0.15) is 12.8 Å². The molecule has 1 heterocycles. The van der Waals surface area contributed by atoms with Crippen molar-refractivity contribution in [2.75, 3.05) is 26.3 Å². The van der Waals surface area contributed by atoms with E-state index in [-0.39, 0.29) is 30.1 Å². The lowest BCUT2D eigenvalue weighted by Crippen LogP contribution is -2.47. The number of benzene rings is 1. The van der Waals surface area contributed by atoms with E-state index in [0.717, 1.165) is 19.4 Å². The number of rotatable bonds is 6. The molecule has 0 unspecified atom stereocenters. The van der Waals surface area contributed by atoms with Gasteiger partial charge >= 0.3 is 6.18 Å². The minimum atomic E-state index is -4.43. The monoisotopic (exact) mass is 332 g/mol. The average Bonchev–Trinajstić information content (AvgIpc) is 2.52. The van der Waals surface area contributed by atoms with Crippen molar-refractivity contribution in [2.24, 2.45) is 0 Å². The summed E-state index contributed by atoms with van der Waals surface area (Å²) >= 11 is 0. The van der Waals surface area contributed by atoms with E-state index in [2.05, 4.69) is 10.6 Å². The molecule has 1 atom stereocenters. The molecule has 1 amide bonds. The summed E-state index contributed by atoms with van der Waals surface area (Å²) in [5, 5.41) is 5.99. The Kier molecular flexibility index (Phi) is 6.09. The number of nitrogens with one attached hydrogen (secondary N) is 2. The van der Waals surface area contributed by atoms with Crippen LogP contribution in [0, 0.1) is 0 Å². The second-order valence-corrected chi connectivity index (χ2v) is 5.25. The number of halogens is 3. The molecule has 23 heavy (non-hydrogen) atoms. The van der Waals surface area contributed by atoms with Crippen LogP contribution in [0.2, 0.25) is 0 Å². The van der Waals surface area contributed by atoms with Gasteiger partial charge in [-0.05, 0) is 31.5 Å². The third-order valence-electron chi connectivity index (χ3n) is 3.26. The molecule has 0 saturated carbocycles. The molecule has 1 aliphatic heterocycles. The molecule has 1 saturated heterocycles. The van der Waals surface area contributed by atoms with E-state index >= 15 is 0 Å². The molecule has 1 aromatic rings. The van der Waals surface area contributed by atoms with Gasteiger partial charge in [0, 0.05) is 12.6 Å². The van der Waals surface area contributed by atoms with Gasteiger partial charge in [0.1, 0.15) is 0 Å². The van der Waals surface area contributed by atoms with Crippen LogP contribution in [0.3, 0.4) is 0 Å². The van der Waals surface area contributed by atoms with Crippen molar-refractivity contribution in [1.82, 2.24) is 10.6 Å². The highest BCUT2D eigenvalue weighted by atomic mass is 19.4. The maximum atomic E-state index is 12.2. The first-order valence-corrected chi connectivity index (χ1v) is 7.35. The normalized spacial score (nSPS) is 18.3. The highest BCUT2D eigenvalue weighted by Gasteiger charge is 2.29. The fourth-order valence-corrected chi connectivity index (χ4v) is 2.24. The Labute approximate surface area is 132 Å². The lowest BCUT2D eigenvalue weighted by molar-refractivity contribution is -0.153. The molecule has 2 N–H and O–H groups in total. The molecule has 1 fully saturated rings. The Bertz CT molecular complexity index is 517. The van der Waals surface area contributed by atoms with Gasteiger partial charge in [-0.2, -0.15) is 13.2 Å². The number of carbonyl (C=O) groups excluding carboxylic acids is 1. The van der Waals surface area contributed by atoms with Gasteiger partial charge in [0.05, 0.1) is 0 Å². The van der Waals surface area contributed by atoms with E-state index in [0.29, 0.717) is 6.54 Å². The zero-order valence-electron chi connectivity index (χ0n) is 12.5. The van der Waals surface area contributed by atoms with Gasteiger partial charge < -0.3 is 20.1 Å². The highest BCUT2D eigenvalue weighted by Crippen LogP contribution is 2.28. The Balaban J connectivity index is 1.83. The van der Waals surface area contributed by atoms with E-state index in [1.54, 1.807) is 6.07 Å². The fourth-order valence-electron chi connectivity index (χ4n) is 2.24. The summed E-state index contributed by atoms with van der Waals surface area (Å²) < 4.78 is 46.6. The predicted molar refractivity (Wildman–Crippen MR) is 77.5 cm³/mol. The van der Waals surface area contributed by atoms with Crippen LogP contribution in [0.5, 0.6) is 11.5 Å². The molecular weight excluding hydrogens is 313 g/mol.